The Kier molecular flexibility index (Phi) is 5.34. The number of likely N-dealkylation sites (tertiary alicyclic amines) is 1. The molecule has 0 N–H and O–H groups in total. The van der Waals surface area contributed by atoms with Crippen molar-refractivity contribution in [3.8, 4) is 17.1 Å². The molecule has 1 atom stereocenters. The van der Waals surface area contributed by atoms with Crippen LogP contribution in [0.5, 0.6) is 5.75 Å². The summed E-state index contributed by atoms with van der Waals surface area (Å²) < 4.78 is 75.2. The summed E-state index contributed by atoms with van der Waals surface area (Å²) in [5.74, 6) is -3.73. The molecule has 0 aliphatic carbocycles. The van der Waals surface area contributed by atoms with Gasteiger partial charge >= 0.3 is 12.1 Å². The van der Waals surface area contributed by atoms with Gasteiger partial charge in [0.2, 0.25) is 5.82 Å². The summed E-state index contributed by atoms with van der Waals surface area (Å²) in [5, 5.41) is 3.15. The molecule has 1 unspecified atom stereocenters. The van der Waals surface area contributed by atoms with Gasteiger partial charge in [0.25, 0.3) is 5.91 Å². The lowest BCUT2D eigenvalue weighted by Gasteiger charge is -2.17. The SMILES string of the molecule is O=C(c1cccc(F)c1)N1CCC(Oc2ccc(-c3noc(C(F)(F)F)n3)c(F)c2)C1. The first kappa shape index (κ1) is 20.8. The number of amides is 1. The van der Waals surface area contributed by atoms with Crippen LogP contribution in [-0.4, -0.2) is 40.1 Å². The maximum atomic E-state index is 14.4. The Morgan fingerprint density at radius 3 is 2.65 bits per heavy atom. The molecule has 1 aliphatic heterocycles. The predicted molar refractivity (Wildman–Crippen MR) is 96.0 cm³/mol. The van der Waals surface area contributed by atoms with Gasteiger partial charge in [-0.15, -0.1) is 0 Å². The Hall–Kier alpha value is -3.50. The van der Waals surface area contributed by atoms with Gasteiger partial charge in [-0.05, 0) is 30.3 Å². The van der Waals surface area contributed by atoms with Gasteiger partial charge in [0.05, 0.1) is 12.1 Å². The fourth-order valence-corrected chi connectivity index (χ4v) is 3.20. The van der Waals surface area contributed by atoms with Crippen molar-refractivity contribution in [2.45, 2.75) is 18.7 Å². The summed E-state index contributed by atoms with van der Waals surface area (Å²) in [6, 6.07) is 8.87. The molecule has 1 amide bonds. The van der Waals surface area contributed by atoms with Crippen LogP contribution < -0.4 is 4.74 Å². The molecule has 6 nitrogen and oxygen atoms in total. The number of nitrogens with zero attached hydrogens (tertiary/aromatic N) is 3. The molecule has 0 spiro atoms. The zero-order valence-corrected chi connectivity index (χ0v) is 15.7. The Bertz CT molecular complexity index is 1120. The van der Waals surface area contributed by atoms with E-state index in [1.807, 2.05) is 0 Å². The molecule has 0 saturated carbocycles. The van der Waals surface area contributed by atoms with Crippen molar-refractivity contribution in [3.05, 3.63) is 65.6 Å². The highest BCUT2D eigenvalue weighted by molar-refractivity contribution is 5.94. The Labute approximate surface area is 172 Å². The van der Waals surface area contributed by atoms with E-state index < -0.39 is 35.6 Å². The normalized spacial score (nSPS) is 16.5. The Morgan fingerprint density at radius 1 is 1.16 bits per heavy atom. The van der Waals surface area contributed by atoms with E-state index >= 15 is 0 Å². The molecule has 1 aromatic heterocycles. The van der Waals surface area contributed by atoms with Crippen molar-refractivity contribution in [2.75, 3.05) is 13.1 Å². The van der Waals surface area contributed by atoms with Crippen LogP contribution in [0.3, 0.4) is 0 Å². The largest absolute Gasteiger partial charge is 0.488 e. The van der Waals surface area contributed by atoms with Crippen LogP contribution in [0.1, 0.15) is 22.7 Å². The molecular formula is C20H14F5N3O3. The number of hydrogen-bond donors (Lipinski definition) is 0. The predicted octanol–water partition coefficient (Wildman–Crippen LogP) is 4.33. The number of carbonyl (C=O) groups is 1. The topological polar surface area (TPSA) is 68.5 Å². The molecule has 1 saturated heterocycles. The van der Waals surface area contributed by atoms with Gasteiger partial charge in [-0.1, -0.05) is 11.2 Å². The lowest BCUT2D eigenvalue weighted by atomic mass is 10.2. The summed E-state index contributed by atoms with van der Waals surface area (Å²) >= 11 is 0. The quantitative estimate of drug-likeness (QED) is 0.567. The lowest BCUT2D eigenvalue weighted by molar-refractivity contribution is -0.159. The van der Waals surface area contributed by atoms with Crippen LogP contribution in [-0.2, 0) is 6.18 Å². The van der Waals surface area contributed by atoms with Gasteiger partial charge in [-0.2, -0.15) is 18.2 Å². The highest BCUT2D eigenvalue weighted by Crippen LogP contribution is 2.31. The summed E-state index contributed by atoms with van der Waals surface area (Å²) in [6.45, 7) is 0.599. The summed E-state index contributed by atoms with van der Waals surface area (Å²) in [4.78, 5) is 17.1. The number of hydrogen-bond acceptors (Lipinski definition) is 5. The maximum absolute atomic E-state index is 14.4. The second-order valence-corrected chi connectivity index (χ2v) is 6.85. The van der Waals surface area contributed by atoms with Gasteiger partial charge in [0.1, 0.15) is 23.5 Å². The smallest absolute Gasteiger partial charge is 0.471 e. The monoisotopic (exact) mass is 439 g/mol. The molecule has 4 rings (SSSR count). The third kappa shape index (κ3) is 4.49. The zero-order valence-electron chi connectivity index (χ0n) is 15.7. The molecule has 2 aromatic carbocycles. The van der Waals surface area contributed by atoms with E-state index in [0.29, 0.717) is 13.0 Å². The molecule has 1 fully saturated rings. The molecule has 0 radical (unpaired) electrons. The van der Waals surface area contributed by atoms with Crippen LogP contribution in [0.15, 0.2) is 47.0 Å². The second kappa shape index (κ2) is 7.97. The van der Waals surface area contributed by atoms with E-state index in [9.17, 15) is 26.7 Å². The van der Waals surface area contributed by atoms with E-state index in [2.05, 4.69) is 14.7 Å². The number of rotatable bonds is 4. The molecular weight excluding hydrogens is 425 g/mol. The molecule has 0 bridgehead atoms. The minimum absolute atomic E-state index is 0.130. The minimum atomic E-state index is -4.83. The second-order valence-electron chi connectivity index (χ2n) is 6.85. The van der Waals surface area contributed by atoms with Crippen LogP contribution in [0.25, 0.3) is 11.4 Å². The standard InChI is InChI=1S/C20H14F5N3O3/c21-12-3-1-2-11(8-12)18(29)28-7-6-14(10-28)30-13-4-5-15(16(22)9-13)17-26-19(31-27-17)20(23,24)25/h1-5,8-9,14H,6-7,10H2. The summed E-state index contributed by atoms with van der Waals surface area (Å²) in [5.41, 5.74) is -0.0599. The zero-order chi connectivity index (χ0) is 22.2. The number of aromatic nitrogens is 2. The van der Waals surface area contributed by atoms with Crippen molar-refractivity contribution in [1.29, 1.82) is 0 Å². The van der Waals surface area contributed by atoms with E-state index in [4.69, 9.17) is 4.74 Å². The fourth-order valence-electron chi connectivity index (χ4n) is 3.20. The first-order chi connectivity index (χ1) is 14.7. The molecule has 31 heavy (non-hydrogen) atoms. The van der Waals surface area contributed by atoms with Crippen molar-refractivity contribution in [1.82, 2.24) is 15.0 Å². The van der Waals surface area contributed by atoms with E-state index in [1.54, 1.807) is 0 Å². The fraction of sp³-hybridized carbons (Fsp3) is 0.250. The highest BCUT2D eigenvalue weighted by atomic mass is 19.4. The number of benzene rings is 2. The van der Waals surface area contributed by atoms with Gasteiger partial charge in [0, 0.05) is 24.6 Å². The molecule has 11 heteroatoms. The third-order valence-electron chi connectivity index (χ3n) is 4.66. The van der Waals surface area contributed by atoms with Gasteiger partial charge in [-0.3, -0.25) is 4.79 Å². The van der Waals surface area contributed by atoms with Crippen molar-refractivity contribution < 1.29 is 36.0 Å². The van der Waals surface area contributed by atoms with Crippen LogP contribution in [0.4, 0.5) is 22.0 Å². The van der Waals surface area contributed by atoms with E-state index in [-0.39, 0.29) is 29.3 Å². The Balaban J connectivity index is 1.42. The summed E-state index contributed by atoms with van der Waals surface area (Å²) in [7, 11) is 0. The average molecular weight is 439 g/mol. The lowest BCUT2D eigenvalue weighted by Crippen LogP contribution is -2.31. The van der Waals surface area contributed by atoms with Gasteiger partial charge in [-0.25, -0.2) is 8.78 Å². The molecule has 3 aromatic rings. The van der Waals surface area contributed by atoms with Crippen LogP contribution in [0.2, 0.25) is 0 Å². The molecule has 1 aliphatic rings. The first-order valence-electron chi connectivity index (χ1n) is 9.13. The Morgan fingerprint density at radius 2 is 1.97 bits per heavy atom. The van der Waals surface area contributed by atoms with Crippen LogP contribution in [0, 0.1) is 11.6 Å². The van der Waals surface area contributed by atoms with Crippen LogP contribution >= 0.6 is 0 Å². The highest BCUT2D eigenvalue weighted by Gasteiger charge is 2.38. The van der Waals surface area contributed by atoms with Crippen molar-refractivity contribution in [3.63, 3.8) is 0 Å². The van der Waals surface area contributed by atoms with Crippen molar-refractivity contribution >= 4 is 5.91 Å². The third-order valence-corrected chi connectivity index (χ3v) is 4.66. The molecule has 162 valence electrons. The number of alkyl halides is 3. The number of carbonyl (C=O) groups excluding carboxylic acids is 1. The molecule has 2 heterocycles. The minimum Gasteiger partial charge on any atom is -0.488 e. The van der Waals surface area contributed by atoms with E-state index in [0.717, 1.165) is 12.1 Å². The van der Waals surface area contributed by atoms with Gasteiger partial charge in [0.15, 0.2) is 0 Å². The van der Waals surface area contributed by atoms with Gasteiger partial charge < -0.3 is 14.2 Å². The first-order valence-corrected chi connectivity index (χ1v) is 9.13. The van der Waals surface area contributed by atoms with E-state index in [1.165, 1.54) is 35.2 Å². The maximum Gasteiger partial charge on any atom is 0.471 e. The average Bonchev–Trinajstić information content (AvgIpc) is 3.37. The number of ether oxygens (including phenoxy) is 1. The van der Waals surface area contributed by atoms with Crippen molar-refractivity contribution in [2.24, 2.45) is 0 Å². The summed E-state index contributed by atoms with van der Waals surface area (Å²) in [6.07, 6.45) is -4.78. The number of halogens is 5.